The smallest absolute Gasteiger partial charge is 0.339 e. The SMILES string of the molecule is C[C@@H](C#C[C@@H]1CC[C@H](c2ccc(F)cc2)O1)N(O)C(N)=O. The molecule has 0 saturated carbocycles. The van der Waals surface area contributed by atoms with Crippen molar-refractivity contribution in [2.75, 3.05) is 0 Å². The molecule has 6 heteroatoms. The summed E-state index contributed by atoms with van der Waals surface area (Å²) in [4.78, 5) is 10.8. The van der Waals surface area contributed by atoms with Gasteiger partial charge in [-0.3, -0.25) is 5.21 Å². The standard InChI is InChI=1S/C15H17FN2O3/c1-10(18(20)15(17)19)2-7-13-8-9-14(21-13)11-3-5-12(16)6-4-11/h3-6,10,13-14,20H,8-9H2,1H3,(H2,17,19)/t10-,13+,14+/m0/s1. The third-order valence-corrected chi connectivity index (χ3v) is 3.31. The largest absolute Gasteiger partial charge is 0.358 e. The fraction of sp³-hybridized carbons (Fsp3) is 0.400. The minimum atomic E-state index is -0.951. The Bertz CT molecular complexity index is 565. The maximum absolute atomic E-state index is 12.9. The van der Waals surface area contributed by atoms with Crippen molar-refractivity contribution in [2.45, 2.75) is 38.0 Å². The lowest BCUT2D eigenvalue weighted by Gasteiger charge is -2.15. The molecule has 0 spiro atoms. The Balaban J connectivity index is 1.94. The molecule has 1 aromatic carbocycles. The molecule has 0 unspecified atom stereocenters. The number of carbonyl (C=O) groups excluding carboxylic acids is 1. The van der Waals surface area contributed by atoms with Crippen molar-refractivity contribution in [3.05, 3.63) is 35.6 Å². The summed E-state index contributed by atoms with van der Waals surface area (Å²) in [6.45, 7) is 1.56. The molecule has 2 amide bonds. The van der Waals surface area contributed by atoms with E-state index in [9.17, 15) is 14.4 Å². The van der Waals surface area contributed by atoms with Crippen molar-refractivity contribution in [3.8, 4) is 11.8 Å². The van der Waals surface area contributed by atoms with Gasteiger partial charge in [0.25, 0.3) is 0 Å². The van der Waals surface area contributed by atoms with Crippen molar-refractivity contribution < 1.29 is 19.1 Å². The van der Waals surface area contributed by atoms with Gasteiger partial charge in [-0.2, -0.15) is 5.06 Å². The first-order valence-corrected chi connectivity index (χ1v) is 6.67. The van der Waals surface area contributed by atoms with Gasteiger partial charge in [0.2, 0.25) is 0 Å². The molecular formula is C15H17FN2O3. The van der Waals surface area contributed by atoms with Gasteiger partial charge in [-0.1, -0.05) is 24.0 Å². The van der Waals surface area contributed by atoms with E-state index in [1.807, 2.05) is 0 Å². The van der Waals surface area contributed by atoms with Gasteiger partial charge in [-0.15, -0.1) is 0 Å². The molecule has 1 heterocycles. The van der Waals surface area contributed by atoms with Crippen molar-refractivity contribution >= 4 is 6.03 Å². The topological polar surface area (TPSA) is 75.8 Å². The average Bonchev–Trinajstić information content (AvgIpc) is 2.93. The molecule has 0 radical (unpaired) electrons. The summed E-state index contributed by atoms with van der Waals surface area (Å²) < 4.78 is 18.6. The van der Waals surface area contributed by atoms with E-state index in [0.717, 1.165) is 18.4 Å². The van der Waals surface area contributed by atoms with Gasteiger partial charge >= 0.3 is 6.03 Å². The number of carbonyl (C=O) groups is 1. The van der Waals surface area contributed by atoms with Crippen LogP contribution in [0.2, 0.25) is 0 Å². The van der Waals surface area contributed by atoms with E-state index in [0.29, 0.717) is 5.06 Å². The van der Waals surface area contributed by atoms with E-state index in [1.165, 1.54) is 12.1 Å². The summed E-state index contributed by atoms with van der Waals surface area (Å²) in [5.74, 6) is 5.32. The number of ether oxygens (including phenoxy) is 1. The second-order valence-electron chi connectivity index (χ2n) is 4.89. The van der Waals surface area contributed by atoms with Gasteiger partial charge in [0.1, 0.15) is 18.0 Å². The Morgan fingerprint density at radius 3 is 2.76 bits per heavy atom. The fourth-order valence-electron chi connectivity index (χ4n) is 2.13. The van der Waals surface area contributed by atoms with Crippen LogP contribution in [0.25, 0.3) is 0 Å². The van der Waals surface area contributed by atoms with Crippen LogP contribution in [0.15, 0.2) is 24.3 Å². The molecule has 2 rings (SSSR count). The molecule has 21 heavy (non-hydrogen) atoms. The fourth-order valence-corrected chi connectivity index (χ4v) is 2.13. The van der Waals surface area contributed by atoms with E-state index in [1.54, 1.807) is 19.1 Å². The highest BCUT2D eigenvalue weighted by atomic mass is 19.1. The van der Waals surface area contributed by atoms with Crippen molar-refractivity contribution in [3.63, 3.8) is 0 Å². The van der Waals surface area contributed by atoms with E-state index < -0.39 is 12.1 Å². The maximum Gasteiger partial charge on any atom is 0.339 e. The summed E-state index contributed by atoms with van der Waals surface area (Å²) >= 11 is 0. The van der Waals surface area contributed by atoms with Crippen molar-refractivity contribution in [2.24, 2.45) is 5.73 Å². The van der Waals surface area contributed by atoms with Crippen LogP contribution in [0.5, 0.6) is 0 Å². The number of amides is 2. The monoisotopic (exact) mass is 292 g/mol. The summed E-state index contributed by atoms with van der Waals surface area (Å²) in [5, 5.41) is 9.68. The number of hydroxylamine groups is 2. The molecule has 112 valence electrons. The molecule has 3 atom stereocenters. The highest BCUT2D eigenvalue weighted by molar-refractivity contribution is 5.71. The average molecular weight is 292 g/mol. The Kier molecular flexibility index (Phi) is 4.78. The van der Waals surface area contributed by atoms with Gasteiger partial charge < -0.3 is 10.5 Å². The van der Waals surface area contributed by atoms with E-state index in [2.05, 4.69) is 11.8 Å². The second-order valence-corrected chi connectivity index (χ2v) is 4.89. The van der Waals surface area contributed by atoms with Gasteiger partial charge in [-0.05, 0) is 37.5 Å². The molecule has 1 aliphatic heterocycles. The van der Waals surface area contributed by atoms with E-state index in [-0.39, 0.29) is 18.0 Å². The number of urea groups is 1. The maximum atomic E-state index is 12.9. The van der Waals surface area contributed by atoms with Crippen LogP contribution >= 0.6 is 0 Å². The minimum absolute atomic E-state index is 0.110. The van der Waals surface area contributed by atoms with Crippen molar-refractivity contribution in [1.82, 2.24) is 5.06 Å². The van der Waals surface area contributed by atoms with Crippen molar-refractivity contribution in [1.29, 1.82) is 0 Å². The number of nitrogens with two attached hydrogens (primary N) is 1. The predicted molar refractivity (Wildman–Crippen MR) is 73.7 cm³/mol. The summed E-state index contributed by atoms with van der Waals surface area (Å²) in [6.07, 6.45) is 1.15. The lowest BCUT2D eigenvalue weighted by molar-refractivity contribution is -0.0537. The van der Waals surface area contributed by atoms with Crippen LogP contribution in [-0.2, 0) is 4.74 Å². The van der Waals surface area contributed by atoms with Crippen LogP contribution < -0.4 is 5.73 Å². The Labute approximate surface area is 122 Å². The van der Waals surface area contributed by atoms with E-state index >= 15 is 0 Å². The first-order valence-electron chi connectivity index (χ1n) is 6.67. The van der Waals surface area contributed by atoms with E-state index in [4.69, 9.17) is 10.5 Å². The Morgan fingerprint density at radius 2 is 2.14 bits per heavy atom. The molecule has 1 aliphatic rings. The minimum Gasteiger partial charge on any atom is -0.358 e. The zero-order chi connectivity index (χ0) is 15.4. The number of hydrogen-bond donors (Lipinski definition) is 2. The Hall–Kier alpha value is -2.10. The lowest BCUT2D eigenvalue weighted by atomic mass is 10.1. The molecule has 0 bridgehead atoms. The third kappa shape index (κ3) is 3.94. The zero-order valence-electron chi connectivity index (χ0n) is 11.6. The summed E-state index contributed by atoms with van der Waals surface area (Å²) in [5.41, 5.74) is 5.85. The van der Waals surface area contributed by atoms with Gasteiger partial charge in [0, 0.05) is 0 Å². The summed E-state index contributed by atoms with van der Waals surface area (Å²) in [7, 11) is 0. The first kappa shape index (κ1) is 15.3. The van der Waals surface area contributed by atoms with Crippen LogP contribution in [0.4, 0.5) is 9.18 Å². The number of nitrogens with zero attached hydrogens (tertiary/aromatic N) is 1. The number of primary amides is 1. The number of halogens is 1. The first-order chi connectivity index (χ1) is 9.97. The van der Waals surface area contributed by atoms with Gasteiger partial charge in [-0.25, -0.2) is 9.18 Å². The lowest BCUT2D eigenvalue weighted by Crippen LogP contribution is -2.38. The van der Waals surface area contributed by atoms with Crippen LogP contribution in [0.1, 0.15) is 31.4 Å². The second kappa shape index (κ2) is 6.57. The number of hydrogen-bond acceptors (Lipinski definition) is 3. The molecule has 1 aromatic rings. The third-order valence-electron chi connectivity index (χ3n) is 3.31. The molecule has 1 saturated heterocycles. The van der Waals surface area contributed by atoms with Gasteiger partial charge in [0.05, 0.1) is 6.10 Å². The van der Waals surface area contributed by atoms with Crippen LogP contribution in [0, 0.1) is 17.7 Å². The Morgan fingerprint density at radius 1 is 1.48 bits per heavy atom. The quantitative estimate of drug-likeness (QED) is 0.498. The number of benzene rings is 1. The molecule has 1 fully saturated rings. The molecule has 3 N–H and O–H groups in total. The summed E-state index contributed by atoms with van der Waals surface area (Å²) in [6, 6.07) is 4.54. The van der Waals surface area contributed by atoms with Crippen LogP contribution in [0.3, 0.4) is 0 Å². The zero-order valence-corrected chi connectivity index (χ0v) is 11.6. The normalized spacial score (nSPS) is 22.2. The highest BCUT2D eigenvalue weighted by Crippen LogP contribution is 2.32. The highest BCUT2D eigenvalue weighted by Gasteiger charge is 2.25. The predicted octanol–water partition coefficient (Wildman–Crippen LogP) is 2.21. The number of rotatable bonds is 2. The molecular weight excluding hydrogens is 275 g/mol. The van der Waals surface area contributed by atoms with Gasteiger partial charge in [0.15, 0.2) is 0 Å². The van der Waals surface area contributed by atoms with Crippen LogP contribution in [-0.4, -0.2) is 28.4 Å². The molecule has 0 aliphatic carbocycles. The molecule has 5 nitrogen and oxygen atoms in total. The molecule has 0 aromatic heterocycles.